The number of benzene rings is 3. The van der Waals surface area contributed by atoms with E-state index in [2.05, 4.69) is 25.4 Å². The minimum absolute atomic E-state index is 0.209. The lowest BCUT2D eigenvalue weighted by molar-refractivity contribution is -0.0881. The molecule has 3 aromatic carbocycles. The Labute approximate surface area is 253 Å². The first-order chi connectivity index (χ1) is 19.9. The van der Waals surface area contributed by atoms with Crippen LogP contribution in [0.5, 0.6) is 0 Å². The predicted molar refractivity (Wildman–Crippen MR) is 158 cm³/mol. The molecule has 0 N–H and O–H groups in total. The van der Waals surface area contributed by atoms with Gasteiger partial charge in [-0.3, -0.25) is 4.57 Å². The second kappa shape index (κ2) is 13.5. The van der Waals surface area contributed by atoms with Crippen LogP contribution in [0, 0.1) is 0 Å². The second-order valence-corrected chi connectivity index (χ2v) is 14.7. The van der Waals surface area contributed by atoms with E-state index in [1.165, 1.54) is 30.6 Å². The van der Waals surface area contributed by atoms with E-state index in [0.717, 1.165) is 22.9 Å². The van der Waals surface area contributed by atoms with Crippen molar-refractivity contribution in [3.8, 4) is 11.3 Å². The highest BCUT2D eigenvalue weighted by atomic mass is 79.9. The molecule has 1 aromatic heterocycles. The SMILES string of the molecule is COC(=O)c1ccc(CN(Cc2ccc(CP(=O)(OF)OF)c(Br)c2)c2nc(-c3ccc(S(C)(=O)=O)cc3)cs2)cc1. The van der Waals surface area contributed by atoms with Crippen LogP contribution in [0.2, 0.25) is 0 Å². The molecule has 0 bridgehead atoms. The van der Waals surface area contributed by atoms with Crippen molar-refractivity contribution >= 4 is 55.8 Å². The maximum absolute atomic E-state index is 12.6. The first-order valence-corrected chi connectivity index (χ1v) is 17.4. The van der Waals surface area contributed by atoms with Gasteiger partial charge in [-0.25, -0.2) is 18.2 Å². The monoisotopic (exact) mass is 700 g/mol. The van der Waals surface area contributed by atoms with Crippen molar-refractivity contribution in [2.45, 2.75) is 24.1 Å². The Balaban J connectivity index is 1.63. The quantitative estimate of drug-likeness (QED) is 0.110. The summed E-state index contributed by atoms with van der Waals surface area (Å²) in [4.78, 5) is 18.8. The Kier molecular flexibility index (Phi) is 10.3. The number of thiazole rings is 1. The summed E-state index contributed by atoms with van der Waals surface area (Å²) in [6.45, 7) is 0.760. The summed E-state index contributed by atoms with van der Waals surface area (Å²) >= 11 is 4.75. The van der Waals surface area contributed by atoms with Gasteiger partial charge in [0.1, 0.15) is 0 Å². The molecule has 0 unspecified atom stereocenters. The molecule has 4 aromatic rings. The van der Waals surface area contributed by atoms with E-state index < -0.39 is 29.6 Å². The van der Waals surface area contributed by atoms with Gasteiger partial charge in [-0.2, -0.15) is 0 Å². The maximum Gasteiger partial charge on any atom is 0.399 e. The van der Waals surface area contributed by atoms with Gasteiger partial charge in [0, 0.05) is 34.8 Å². The number of hydrogen-bond acceptors (Lipinski definition) is 10. The van der Waals surface area contributed by atoms with Gasteiger partial charge in [0.25, 0.3) is 0 Å². The molecular weight excluding hydrogens is 677 g/mol. The van der Waals surface area contributed by atoms with Crippen molar-refractivity contribution in [3.05, 3.63) is 98.8 Å². The lowest BCUT2D eigenvalue weighted by atomic mass is 10.1. The zero-order valence-corrected chi connectivity index (χ0v) is 26.3. The Bertz CT molecular complexity index is 1710. The summed E-state index contributed by atoms with van der Waals surface area (Å²) in [7, 11) is -6.59. The summed E-state index contributed by atoms with van der Waals surface area (Å²) in [5.74, 6) is -0.448. The fourth-order valence-corrected chi connectivity index (χ4v) is 7.06. The van der Waals surface area contributed by atoms with Crippen molar-refractivity contribution in [3.63, 3.8) is 0 Å². The normalized spacial score (nSPS) is 11.8. The van der Waals surface area contributed by atoms with E-state index in [1.54, 1.807) is 42.5 Å². The number of sulfone groups is 1. The Morgan fingerprint density at radius 2 is 1.62 bits per heavy atom. The molecule has 9 nitrogen and oxygen atoms in total. The molecule has 0 spiro atoms. The van der Waals surface area contributed by atoms with Crippen LogP contribution in [0.3, 0.4) is 0 Å². The van der Waals surface area contributed by atoms with Gasteiger partial charge in [0.05, 0.1) is 29.4 Å². The van der Waals surface area contributed by atoms with Crippen LogP contribution < -0.4 is 4.90 Å². The molecule has 0 radical (unpaired) electrons. The minimum Gasteiger partial charge on any atom is -0.465 e. The number of aromatic nitrogens is 1. The van der Waals surface area contributed by atoms with Crippen molar-refractivity contribution < 1.29 is 41.0 Å². The number of anilines is 1. The maximum atomic E-state index is 12.6. The molecule has 1 heterocycles. The molecule has 0 aliphatic rings. The highest BCUT2D eigenvalue weighted by Gasteiger charge is 2.29. The van der Waals surface area contributed by atoms with Gasteiger partial charge in [-0.15, -0.1) is 20.8 Å². The first-order valence-electron chi connectivity index (χ1n) is 12.1. The van der Waals surface area contributed by atoms with Crippen LogP contribution in [-0.2, 0) is 47.8 Å². The minimum atomic E-state index is -4.57. The molecule has 0 amide bonds. The van der Waals surface area contributed by atoms with Crippen LogP contribution in [0.1, 0.15) is 27.0 Å². The number of carbonyl (C=O) groups is 1. The molecule has 0 saturated heterocycles. The number of halogens is 3. The predicted octanol–water partition coefficient (Wildman–Crippen LogP) is 7.46. The molecule has 15 heteroatoms. The molecule has 0 fully saturated rings. The van der Waals surface area contributed by atoms with E-state index in [9.17, 15) is 26.8 Å². The van der Waals surface area contributed by atoms with E-state index in [0.29, 0.717) is 39.5 Å². The topological polar surface area (TPSA) is 112 Å². The number of hydrogen-bond donors (Lipinski definition) is 0. The average Bonchev–Trinajstić information content (AvgIpc) is 3.48. The van der Waals surface area contributed by atoms with Gasteiger partial charge in [0.2, 0.25) is 0 Å². The van der Waals surface area contributed by atoms with E-state index >= 15 is 0 Å². The van der Waals surface area contributed by atoms with E-state index in [1.807, 2.05) is 22.4 Å². The highest BCUT2D eigenvalue weighted by Crippen LogP contribution is 2.53. The smallest absolute Gasteiger partial charge is 0.399 e. The molecule has 0 aliphatic carbocycles. The van der Waals surface area contributed by atoms with Crippen molar-refractivity contribution in [2.75, 3.05) is 18.3 Å². The number of rotatable bonds is 12. The van der Waals surface area contributed by atoms with Crippen LogP contribution in [0.4, 0.5) is 14.2 Å². The number of esters is 1. The first kappa shape index (κ1) is 31.9. The molecule has 0 aliphatic heterocycles. The zero-order chi connectivity index (χ0) is 30.5. The third-order valence-electron chi connectivity index (χ3n) is 6.15. The summed E-state index contributed by atoms with van der Waals surface area (Å²) < 4.78 is 72.4. The van der Waals surface area contributed by atoms with E-state index in [4.69, 9.17) is 9.72 Å². The highest BCUT2D eigenvalue weighted by molar-refractivity contribution is 9.10. The Morgan fingerprint density at radius 1 is 1.00 bits per heavy atom. The second-order valence-electron chi connectivity index (χ2n) is 9.19. The van der Waals surface area contributed by atoms with Crippen LogP contribution in [-0.4, -0.2) is 32.7 Å². The third-order valence-corrected chi connectivity index (χ3v) is 10.1. The third kappa shape index (κ3) is 7.88. The molecule has 222 valence electrons. The van der Waals surface area contributed by atoms with Gasteiger partial charge in [-0.05, 0) is 56.1 Å². The molecule has 0 saturated carbocycles. The molecule has 42 heavy (non-hydrogen) atoms. The number of ether oxygens (including phenoxy) is 1. The number of nitrogens with zero attached hydrogens (tertiary/aromatic N) is 2. The lowest BCUT2D eigenvalue weighted by Crippen LogP contribution is -2.22. The summed E-state index contributed by atoms with van der Waals surface area (Å²) in [5, 5.41) is 2.53. The summed E-state index contributed by atoms with van der Waals surface area (Å²) in [6, 6.07) is 18.4. The average molecular weight is 702 g/mol. The van der Waals surface area contributed by atoms with Gasteiger partial charge in [-0.1, -0.05) is 52.3 Å². The Morgan fingerprint density at radius 3 is 2.19 bits per heavy atom. The number of carbonyl (C=O) groups excluding carboxylic acids is 1. The lowest BCUT2D eigenvalue weighted by Gasteiger charge is -2.23. The zero-order valence-electron chi connectivity index (χ0n) is 22.2. The molecular formula is C27H24BrF2N2O7PS2. The van der Waals surface area contributed by atoms with Crippen molar-refractivity contribution in [1.82, 2.24) is 4.98 Å². The fourth-order valence-electron chi connectivity index (χ4n) is 4.00. The van der Waals surface area contributed by atoms with Crippen molar-refractivity contribution in [1.29, 1.82) is 0 Å². The standard InChI is InChI=1S/C27H24BrF2N2O7PS2/c1-37-26(33)21-6-3-18(4-7-21)14-32(15-19-5-8-22(24(28)13-19)16-40(34,38-29)39-30)27-31-25(17-41-27)20-9-11-23(12-10-20)42(2,35)36/h3-13,17H,14-16H2,1-2H3. The van der Waals surface area contributed by atoms with Gasteiger partial charge >= 0.3 is 13.6 Å². The van der Waals surface area contributed by atoms with Crippen molar-refractivity contribution in [2.24, 2.45) is 0 Å². The van der Waals surface area contributed by atoms with Gasteiger partial charge < -0.3 is 9.64 Å². The number of methoxy groups -OCH3 is 1. The Hall–Kier alpha value is -3.00. The summed E-state index contributed by atoms with van der Waals surface area (Å²) in [5.41, 5.74) is 3.81. The molecule has 0 atom stereocenters. The largest absolute Gasteiger partial charge is 0.465 e. The van der Waals surface area contributed by atoms with Crippen LogP contribution >= 0.6 is 34.9 Å². The van der Waals surface area contributed by atoms with Crippen LogP contribution in [0.25, 0.3) is 11.3 Å². The van der Waals surface area contributed by atoms with Gasteiger partial charge in [0.15, 0.2) is 15.0 Å². The van der Waals surface area contributed by atoms with E-state index in [-0.39, 0.29) is 4.90 Å². The molecule has 4 rings (SSSR count). The summed E-state index contributed by atoms with van der Waals surface area (Å²) in [6.07, 6.45) is 0.525. The fraction of sp³-hybridized carbons (Fsp3) is 0.185. The van der Waals surface area contributed by atoms with Crippen LogP contribution in [0.15, 0.2) is 81.5 Å².